The number of hydrogen-bond donors (Lipinski definition) is 0. The number of methoxy groups -OCH3 is 1. The molecule has 158 valence electrons. The van der Waals surface area contributed by atoms with Crippen LogP contribution in [0.2, 0.25) is 0 Å². The number of benzene rings is 1. The van der Waals surface area contributed by atoms with Crippen molar-refractivity contribution >= 4 is 34.5 Å². The van der Waals surface area contributed by atoms with E-state index in [0.29, 0.717) is 40.5 Å². The van der Waals surface area contributed by atoms with Gasteiger partial charge in [-0.3, -0.25) is 14.2 Å². The number of furan rings is 1. The Kier molecular flexibility index (Phi) is 6.94. The standard InChI is InChI=1S/C21H23N3O5S/c1-4-23(5-2)18(25)13-30-21-22-17-11-14(20(27)28-3)8-9-16(17)19(26)24(21)12-15-7-6-10-29-15/h6-11H,4-5,12-13H2,1-3H3. The highest BCUT2D eigenvalue weighted by molar-refractivity contribution is 7.99. The first kappa shape index (κ1) is 21.6. The highest BCUT2D eigenvalue weighted by Crippen LogP contribution is 2.21. The molecular weight excluding hydrogens is 406 g/mol. The van der Waals surface area contributed by atoms with Crippen molar-refractivity contribution in [1.82, 2.24) is 14.5 Å². The second-order valence-corrected chi connectivity index (χ2v) is 7.39. The van der Waals surface area contributed by atoms with E-state index in [0.717, 1.165) is 0 Å². The number of esters is 1. The third-order valence-electron chi connectivity index (χ3n) is 4.68. The van der Waals surface area contributed by atoms with Crippen LogP contribution in [0, 0.1) is 0 Å². The van der Waals surface area contributed by atoms with Gasteiger partial charge in [0, 0.05) is 13.1 Å². The van der Waals surface area contributed by atoms with Crippen LogP contribution < -0.4 is 5.56 Å². The molecule has 2 heterocycles. The number of rotatable bonds is 8. The molecule has 0 aliphatic heterocycles. The first-order valence-electron chi connectivity index (χ1n) is 9.54. The van der Waals surface area contributed by atoms with Gasteiger partial charge in [-0.05, 0) is 44.2 Å². The number of fused-ring (bicyclic) bond motifs is 1. The highest BCUT2D eigenvalue weighted by Gasteiger charge is 2.17. The molecule has 1 amide bonds. The van der Waals surface area contributed by atoms with Crippen LogP contribution in [0.1, 0.15) is 30.0 Å². The van der Waals surface area contributed by atoms with Crippen LogP contribution in [0.3, 0.4) is 0 Å². The molecule has 3 aromatic rings. The quantitative estimate of drug-likeness (QED) is 0.309. The topological polar surface area (TPSA) is 94.6 Å². The van der Waals surface area contributed by atoms with E-state index < -0.39 is 5.97 Å². The van der Waals surface area contributed by atoms with Crippen LogP contribution in [0.5, 0.6) is 0 Å². The van der Waals surface area contributed by atoms with Gasteiger partial charge in [0.1, 0.15) is 5.76 Å². The maximum Gasteiger partial charge on any atom is 0.337 e. The summed E-state index contributed by atoms with van der Waals surface area (Å²) in [5.74, 6) is 0.201. The van der Waals surface area contributed by atoms with Gasteiger partial charge in [0.15, 0.2) is 5.16 Å². The van der Waals surface area contributed by atoms with Gasteiger partial charge >= 0.3 is 5.97 Å². The van der Waals surface area contributed by atoms with Gasteiger partial charge in [0.25, 0.3) is 5.56 Å². The largest absolute Gasteiger partial charge is 0.467 e. The average Bonchev–Trinajstić information content (AvgIpc) is 3.27. The van der Waals surface area contributed by atoms with Gasteiger partial charge in [-0.1, -0.05) is 11.8 Å². The van der Waals surface area contributed by atoms with Crippen LogP contribution >= 0.6 is 11.8 Å². The zero-order chi connectivity index (χ0) is 21.7. The molecule has 0 N–H and O–H groups in total. The fourth-order valence-corrected chi connectivity index (χ4v) is 3.95. The number of hydrogen-bond acceptors (Lipinski definition) is 7. The lowest BCUT2D eigenvalue weighted by atomic mass is 10.1. The van der Waals surface area contributed by atoms with Crippen molar-refractivity contribution < 1.29 is 18.7 Å². The molecule has 3 rings (SSSR count). The Morgan fingerprint density at radius 3 is 2.63 bits per heavy atom. The maximum absolute atomic E-state index is 13.2. The van der Waals surface area contributed by atoms with Crippen LogP contribution in [-0.2, 0) is 16.1 Å². The van der Waals surface area contributed by atoms with Crippen LogP contribution in [0.15, 0.2) is 51.0 Å². The molecule has 2 aromatic heterocycles. The van der Waals surface area contributed by atoms with E-state index in [1.54, 1.807) is 23.1 Å². The van der Waals surface area contributed by atoms with E-state index in [-0.39, 0.29) is 23.8 Å². The smallest absolute Gasteiger partial charge is 0.337 e. The molecule has 30 heavy (non-hydrogen) atoms. The Morgan fingerprint density at radius 2 is 2.00 bits per heavy atom. The first-order valence-corrected chi connectivity index (χ1v) is 10.5. The molecular formula is C21H23N3O5S. The minimum absolute atomic E-state index is 0.0350. The summed E-state index contributed by atoms with van der Waals surface area (Å²) in [4.78, 5) is 43.8. The Morgan fingerprint density at radius 1 is 1.23 bits per heavy atom. The van der Waals surface area contributed by atoms with Gasteiger partial charge in [0.05, 0.1) is 42.1 Å². The van der Waals surface area contributed by atoms with E-state index >= 15 is 0 Å². The van der Waals surface area contributed by atoms with Crippen LogP contribution in [0.25, 0.3) is 10.9 Å². The molecule has 0 radical (unpaired) electrons. The Labute approximate surface area is 177 Å². The van der Waals surface area contributed by atoms with E-state index in [2.05, 4.69) is 4.98 Å². The zero-order valence-corrected chi connectivity index (χ0v) is 17.9. The summed E-state index contributed by atoms with van der Waals surface area (Å²) in [6.07, 6.45) is 1.54. The lowest BCUT2D eigenvalue weighted by molar-refractivity contribution is -0.127. The summed E-state index contributed by atoms with van der Waals surface area (Å²) in [6, 6.07) is 8.13. The summed E-state index contributed by atoms with van der Waals surface area (Å²) >= 11 is 1.19. The zero-order valence-electron chi connectivity index (χ0n) is 17.1. The van der Waals surface area contributed by atoms with Crippen molar-refractivity contribution in [3.8, 4) is 0 Å². The predicted octanol–water partition coefficient (Wildman–Crippen LogP) is 2.78. The summed E-state index contributed by atoms with van der Waals surface area (Å²) in [6.45, 7) is 5.25. The average molecular weight is 429 g/mol. The molecule has 0 saturated carbocycles. The molecule has 8 nitrogen and oxygen atoms in total. The second kappa shape index (κ2) is 9.62. The Balaban J connectivity index is 2.04. The lowest BCUT2D eigenvalue weighted by Gasteiger charge is -2.18. The third kappa shape index (κ3) is 4.56. The molecule has 0 aliphatic rings. The second-order valence-electron chi connectivity index (χ2n) is 6.44. The SMILES string of the molecule is CCN(CC)C(=O)CSc1nc2cc(C(=O)OC)ccc2c(=O)n1Cc1ccco1. The van der Waals surface area contributed by atoms with Gasteiger partial charge < -0.3 is 14.1 Å². The Bertz CT molecular complexity index is 1100. The van der Waals surface area contributed by atoms with Crippen molar-refractivity contribution in [1.29, 1.82) is 0 Å². The minimum Gasteiger partial charge on any atom is -0.467 e. The number of thioether (sulfide) groups is 1. The fourth-order valence-electron chi connectivity index (χ4n) is 3.05. The van der Waals surface area contributed by atoms with E-state index in [1.165, 1.54) is 41.8 Å². The van der Waals surface area contributed by atoms with Gasteiger partial charge in [-0.2, -0.15) is 0 Å². The van der Waals surface area contributed by atoms with E-state index in [1.807, 2.05) is 13.8 Å². The molecule has 0 aliphatic carbocycles. The summed E-state index contributed by atoms with van der Waals surface area (Å²) in [5.41, 5.74) is 0.401. The predicted molar refractivity (Wildman–Crippen MR) is 114 cm³/mol. The van der Waals surface area contributed by atoms with Crippen molar-refractivity contribution in [2.24, 2.45) is 0 Å². The van der Waals surface area contributed by atoms with Crippen molar-refractivity contribution in [3.63, 3.8) is 0 Å². The van der Waals surface area contributed by atoms with Crippen molar-refractivity contribution in [2.45, 2.75) is 25.5 Å². The number of carbonyl (C=O) groups excluding carboxylic acids is 2. The van der Waals surface area contributed by atoms with Gasteiger partial charge in [-0.25, -0.2) is 9.78 Å². The van der Waals surface area contributed by atoms with E-state index in [9.17, 15) is 14.4 Å². The molecule has 0 unspecified atom stereocenters. The van der Waals surface area contributed by atoms with E-state index in [4.69, 9.17) is 9.15 Å². The molecule has 0 spiro atoms. The fraction of sp³-hybridized carbons (Fsp3) is 0.333. The van der Waals surface area contributed by atoms with Crippen molar-refractivity contribution in [3.05, 3.63) is 58.3 Å². The summed E-state index contributed by atoms with van der Waals surface area (Å²) in [5, 5.41) is 0.750. The molecule has 0 fully saturated rings. The van der Waals surface area contributed by atoms with Crippen molar-refractivity contribution in [2.75, 3.05) is 26.0 Å². The summed E-state index contributed by atoms with van der Waals surface area (Å²) in [7, 11) is 1.29. The Hall–Kier alpha value is -3.07. The van der Waals surface area contributed by atoms with Gasteiger partial charge in [-0.15, -0.1) is 0 Å². The number of aromatic nitrogens is 2. The van der Waals surface area contributed by atoms with Crippen LogP contribution in [0.4, 0.5) is 0 Å². The monoisotopic (exact) mass is 429 g/mol. The minimum atomic E-state index is -0.510. The maximum atomic E-state index is 13.2. The molecule has 1 aromatic carbocycles. The number of nitrogens with zero attached hydrogens (tertiary/aromatic N) is 3. The third-order valence-corrected chi connectivity index (χ3v) is 5.64. The summed E-state index contributed by atoms with van der Waals surface area (Å²) < 4.78 is 11.6. The lowest BCUT2D eigenvalue weighted by Crippen LogP contribution is -2.32. The number of carbonyl (C=O) groups is 2. The van der Waals surface area contributed by atoms with Crippen LogP contribution in [-0.4, -0.2) is 52.3 Å². The number of ether oxygens (including phenoxy) is 1. The molecule has 0 bridgehead atoms. The normalized spacial score (nSPS) is 10.9. The molecule has 0 atom stereocenters. The highest BCUT2D eigenvalue weighted by atomic mass is 32.2. The van der Waals surface area contributed by atoms with Gasteiger partial charge in [0.2, 0.25) is 5.91 Å². The molecule has 9 heteroatoms. The first-order chi connectivity index (χ1) is 14.5. The molecule has 0 saturated heterocycles. The number of amides is 1.